The number of nitrogens with two attached hydrogens (primary N) is 1. The zero-order valence-corrected chi connectivity index (χ0v) is 10.00. The van der Waals surface area contributed by atoms with Crippen molar-refractivity contribution in [1.82, 2.24) is 20.2 Å². The van der Waals surface area contributed by atoms with Gasteiger partial charge in [0.05, 0.1) is 12.6 Å². The number of nitrogens with zero attached hydrogens (tertiary/aromatic N) is 3. The van der Waals surface area contributed by atoms with Gasteiger partial charge in [-0.25, -0.2) is 4.98 Å². The molecule has 2 aromatic heterocycles. The largest absolute Gasteiger partial charge is 0.369 e. The van der Waals surface area contributed by atoms with Crippen molar-refractivity contribution in [2.75, 3.05) is 0 Å². The number of amides is 1. The Morgan fingerprint density at radius 3 is 2.89 bits per heavy atom. The highest BCUT2D eigenvalue weighted by atomic mass is 16.1. The molecule has 2 heterocycles. The summed E-state index contributed by atoms with van der Waals surface area (Å²) < 4.78 is 0. The Morgan fingerprint density at radius 1 is 1.26 bits per heavy atom. The molecular weight excluding hydrogens is 242 g/mol. The first-order valence-electron chi connectivity index (χ1n) is 5.77. The molecule has 0 unspecified atom stereocenters. The highest BCUT2D eigenvalue weighted by molar-refractivity contribution is 5.93. The Bertz CT molecular complexity index is 732. The summed E-state index contributed by atoms with van der Waals surface area (Å²) in [5, 5.41) is 9.07. The van der Waals surface area contributed by atoms with Crippen LogP contribution in [0.4, 0.5) is 0 Å². The summed E-state index contributed by atoms with van der Waals surface area (Å²) in [4.78, 5) is 18.0. The van der Waals surface area contributed by atoms with Gasteiger partial charge in [0.2, 0.25) is 5.91 Å². The molecule has 0 saturated carbocycles. The highest BCUT2D eigenvalue weighted by Gasteiger charge is 2.08. The van der Waals surface area contributed by atoms with Crippen molar-refractivity contribution in [3.63, 3.8) is 0 Å². The molecule has 3 N–H and O–H groups in total. The normalized spacial score (nSPS) is 10.7. The Morgan fingerprint density at radius 2 is 2.16 bits per heavy atom. The van der Waals surface area contributed by atoms with Crippen LogP contribution in [-0.4, -0.2) is 26.1 Å². The van der Waals surface area contributed by atoms with Crippen molar-refractivity contribution in [2.45, 2.75) is 6.42 Å². The van der Waals surface area contributed by atoms with Crippen molar-refractivity contribution in [2.24, 2.45) is 5.73 Å². The van der Waals surface area contributed by atoms with E-state index >= 15 is 0 Å². The van der Waals surface area contributed by atoms with Crippen molar-refractivity contribution in [1.29, 1.82) is 0 Å². The van der Waals surface area contributed by atoms with Crippen LogP contribution < -0.4 is 5.73 Å². The van der Waals surface area contributed by atoms with Gasteiger partial charge in [-0.1, -0.05) is 12.1 Å². The summed E-state index contributed by atoms with van der Waals surface area (Å²) in [6.07, 6.45) is 3.48. The summed E-state index contributed by atoms with van der Waals surface area (Å²) in [6.45, 7) is 0. The van der Waals surface area contributed by atoms with Gasteiger partial charge >= 0.3 is 0 Å². The predicted octanol–water partition coefficient (Wildman–Crippen LogP) is 1.05. The van der Waals surface area contributed by atoms with E-state index in [1.54, 1.807) is 6.20 Å². The number of rotatable bonds is 3. The maximum atomic E-state index is 10.8. The van der Waals surface area contributed by atoms with E-state index in [-0.39, 0.29) is 6.42 Å². The molecule has 1 aromatic carbocycles. The van der Waals surface area contributed by atoms with E-state index in [4.69, 9.17) is 5.73 Å². The van der Waals surface area contributed by atoms with Crippen LogP contribution in [0.2, 0.25) is 0 Å². The number of fused-ring (bicyclic) bond motifs is 1. The molecule has 0 radical (unpaired) electrons. The molecule has 0 aliphatic carbocycles. The number of aromatic amines is 1. The SMILES string of the molecule is NC(=O)Cc1ncc(-c2cccc3[nH]ccc23)nn1. The second-order valence-corrected chi connectivity index (χ2v) is 4.15. The van der Waals surface area contributed by atoms with Crippen molar-refractivity contribution in [3.8, 4) is 11.3 Å². The van der Waals surface area contributed by atoms with Gasteiger partial charge in [-0.3, -0.25) is 4.79 Å². The molecule has 0 bridgehead atoms. The quantitative estimate of drug-likeness (QED) is 0.728. The predicted molar refractivity (Wildman–Crippen MR) is 70.0 cm³/mol. The summed E-state index contributed by atoms with van der Waals surface area (Å²) in [6, 6.07) is 7.85. The van der Waals surface area contributed by atoms with E-state index in [1.807, 2.05) is 30.5 Å². The number of hydrogen-bond acceptors (Lipinski definition) is 4. The second kappa shape index (κ2) is 4.49. The molecule has 3 aromatic rings. The molecule has 6 heteroatoms. The number of nitrogens with one attached hydrogen (secondary N) is 1. The molecule has 0 spiro atoms. The molecule has 0 atom stereocenters. The molecule has 0 saturated heterocycles. The zero-order chi connectivity index (χ0) is 13.2. The second-order valence-electron chi connectivity index (χ2n) is 4.15. The minimum atomic E-state index is -0.470. The lowest BCUT2D eigenvalue weighted by molar-refractivity contribution is -0.117. The summed E-state index contributed by atoms with van der Waals surface area (Å²) in [5.41, 5.74) is 7.73. The Kier molecular flexibility index (Phi) is 2.68. The maximum absolute atomic E-state index is 10.8. The first-order valence-corrected chi connectivity index (χ1v) is 5.77. The summed E-state index contributed by atoms with van der Waals surface area (Å²) >= 11 is 0. The summed E-state index contributed by atoms with van der Waals surface area (Å²) in [7, 11) is 0. The fourth-order valence-corrected chi connectivity index (χ4v) is 1.97. The van der Waals surface area contributed by atoms with E-state index in [1.165, 1.54) is 0 Å². The monoisotopic (exact) mass is 253 g/mol. The average molecular weight is 253 g/mol. The van der Waals surface area contributed by atoms with E-state index in [2.05, 4.69) is 20.2 Å². The third-order valence-corrected chi connectivity index (χ3v) is 2.81. The molecule has 3 rings (SSSR count). The van der Waals surface area contributed by atoms with E-state index in [9.17, 15) is 4.79 Å². The number of H-pyrrole nitrogens is 1. The lowest BCUT2D eigenvalue weighted by Gasteiger charge is -2.02. The molecule has 0 fully saturated rings. The third-order valence-electron chi connectivity index (χ3n) is 2.81. The number of hydrogen-bond donors (Lipinski definition) is 2. The van der Waals surface area contributed by atoms with Crippen molar-refractivity contribution in [3.05, 3.63) is 42.5 Å². The third kappa shape index (κ3) is 2.15. The van der Waals surface area contributed by atoms with Crippen LogP contribution in [0.15, 0.2) is 36.7 Å². The highest BCUT2D eigenvalue weighted by Crippen LogP contribution is 2.25. The lowest BCUT2D eigenvalue weighted by atomic mass is 10.1. The smallest absolute Gasteiger partial charge is 0.225 e. The van der Waals surface area contributed by atoms with Crippen LogP contribution in [0.5, 0.6) is 0 Å². The van der Waals surface area contributed by atoms with E-state index in [0.717, 1.165) is 16.5 Å². The zero-order valence-electron chi connectivity index (χ0n) is 10.00. The van der Waals surface area contributed by atoms with Gasteiger partial charge in [0.15, 0.2) is 5.82 Å². The van der Waals surface area contributed by atoms with Gasteiger partial charge in [-0.15, -0.1) is 10.2 Å². The van der Waals surface area contributed by atoms with Crippen LogP contribution >= 0.6 is 0 Å². The lowest BCUT2D eigenvalue weighted by Crippen LogP contribution is -2.16. The van der Waals surface area contributed by atoms with Crippen LogP contribution in [0.3, 0.4) is 0 Å². The van der Waals surface area contributed by atoms with Gasteiger partial charge in [0, 0.05) is 22.7 Å². The van der Waals surface area contributed by atoms with Gasteiger partial charge < -0.3 is 10.7 Å². The van der Waals surface area contributed by atoms with Gasteiger partial charge in [0.1, 0.15) is 5.69 Å². The van der Waals surface area contributed by atoms with Gasteiger partial charge in [-0.2, -0.15) is 0 Å². The fourth-order valence-electron chi connectivity index (χ4n) is 1.97. The van der Waals surface area contributed by atoms with Crippen molar-refractivity contribution < 1.29 is 4.79 Å². The minimum Gasteiger partial charge on any atom is -0.369 e. The Labute approximate surface area is 108 Å². The maximum Gasteiger partial charge on any atom is 0.225 e. The van der Waals surface area contributed by atoms with Crippen molar-refractivity contribution >= 4 is 16.8 Å². The number of aromatic nitrogens is 4. The number of benzene rings is 1. The topological polar surface area (TPSA) is 97.6 Å². The van der Waals surface area contributed by atoms with Gasteiger partial charge in [-0.05, 0) is 12.1 Å². The van der Waals surface area contributed by atoms with Crippen LogP contribution in [0.25, 0.3) is 22.2 Å². The number of carbonyl (C=O) groups excluding carboxylic acids is 1. The first kappa shape index (κ1) is 11.3. The Hall–Kier alpha value is -2.76. The number of primary amides is 1. The molecule has 6 nitrogen and oxygen atoms in total. The van der Waals surface area contributed by atoms with E-state index in [0.29, 0.717) is 11.5 Å². The van der Waals surface area contributed by atoms with E-state index < -0.39 is 5.91 Å². The van der Waals surface area contributed by atoms with Gasteiger partial charge in [0.25, 0.3) is 0 Å². The first-order chi connectivity index (χ1) is 9.24. The summed E-state index contributed by atoms with van der Waals surface area (Å²) in [5.74, 6) is -0.139. The van der Waals surface area contributed by atoms with Crippen LogP contribution in [0, 0.1) is 0 Å². The average Bonchev–Trinajstić information content (AvgIpc) is 2.87. The standard InChI is InChI=1S/C13H11N5O/c14-12(19)6-13-16-7-11(17-18-13)8-2-1-3-10-9(8)4-5-15-10/h1-5,7,15H,6H2,(H2,14,19). The molecule has 1 amide bonds. The molecule has 94 valence electrons. The van der Waals surface area contributed by atoms with Crippen LogP contribution in [-0.2, 0) is 11.2 Å². The fraction of sp³-hybridized carbons (Fsp3) is 0.0769. The Balaban J connectivity index is 2.02. The molecule has 19 heavy (non-hydrogen) atoms. The van der Waals surface area contributed by atoms with Crippen LogP contribution in [0.1, 0.15) is 5.82 Å². The minimum absolute atomic E-state index is 0.00162. The number of carbonyl (C=O) groups is 1. The molecule has 0 aliphatic heterocycles. The molecule has 0 aliphatic rings. The molecular formula is C13H11N5O.